The predicted octanol–water partition coefficient (Wildman–Crippen LogP) is 2.76. The van der Waals surface area contributed by atoms with Gasteiger partial charge in [-0.2, -0.15) is 11.8 Å². The fraction of sp³-hybridized carbons (Fsp3) is 0.917. The van der Waals surface area contributed by atoms with Crippen LogP contribution in [0, 0.1) is 16.0 Å². The SMILES string of the molecule is CCCC(CC)COC(=O)CCSCC[N+](=O)[O-]. The highest BCUT2D eigenvalue weighted by Crippen LogP contribution is 2.11. The third-order valence-corrected chi connectivity index (χ3v) is 3.59. The molecule has 1 atom stereocenters. The van der Waals surface area contributed by atoms with E-state index in [1.807, 2.05) is 0 Å². The maximum atomic E-state index is 11.4. The van der Waals surface area contributed by atoms with E-state index < -0.39 is 0 Å². The van der Waals surface area contributed by atoms with Crippen LogP contribution < -0.4 is 0 Å². The van der Waals surface area contributed by atoms with Gasteiger partial charge in [0.2, 0.25) is 6.54 Å². The summed E-state index contributed by atoms with van der Waals surface area (Å²) >= 11 is 1.42. The lowest BCUT2D eigenvalue weighted by atomic mass is 10.0. The largest absolute Gasteiger partial charge is 0.465 e. The number of hydrogen-bond donors (Lipinski definition) is 0. The van der Waals surface area contributed by atoms with Crippen molar-refractivity contribution in [1.82, 2.24) is 0 Å². The summed E-state index contributed by atoms with van der Waals surface area (Å²) in [5, 5.41) is 10.1. The minimum absolute atomic E-state index is 0.0475. The molecule has 0 aromatic rings. The molecule has 106 valence electrons. The zero-order valence-corrected chi connectivity index (χ0v) is 12.0. The molecule has 18 heavy (non-hydrogen) atoms. The molecule has 1 unspecified atom stereocenters. The highest BCUT2D eigenvalue weighted by Gasteiger charge is 2.09. The Bertz CT molecular complexity index is 248. The van der Waals surface area contributed by atoms with Crippen molar-refractivity contribution in [2.24, 2.45) is 5.92 Å². The molecule has 0 spiro atoms. The zero-order chi connectivity index (χ0) is 13.8. The van der Waals surface area contributed by atoms with Crippen molar-refractivity contribution in [3.05, 3.63) is 10.1 Å². The fourth-order valence-corrected chi connectivity index (χ4v) is 2.29. The molecule has 0 aliphatic heterocycles. The van der Waals surface area contributed by atoms with Crippen LogP contribution >= 0.6 is 11.8 Å². The van der Waals surface area contributed by atoms with E-state index in [-0.39, 0.29) is 17.4 Å². The molecule has 0 fully saturated rings. The molecule has 0 radical (unpaired) electrons. The van der Waals surface area contributed by atoms with E-state index in [4.69, 9.17) is 4.74 Å². The Hall–Kier alpha value is -0.780. The van der Waals surface area contributed by atoms with E-state index in [0.717, 1.165) is 19.3 Å². The van der Waals surface area contributed by atoms with Crippen LogP contribution in [-0.2, 0) is 9.53 Å². The molecule has 0 rings (SSSR count). The summed E-state index contributed by atoms with van der Waals surface area (Å²) in [6.07, 6.45) is 3.55. The average Bonchev–Trinajstić information content (AvgIpc) is 2.33. The minimum Gasteiger partial charge on any atom is -0.465 e. The lowest BCUT2D eigenvalue weighted by Crippen LogP contribution is -2.14. The van der Waals surface area contributed by atoms with E-state index in [0.29, 0.717) is 30.5 Å². The zero-order valence-electron chi connectivity index (χ0n) is 11.2. The Morgan fingerprint density at radius 1 is 1.39 bits per heavy atom. The van der Waals surface area contributed by atoms with Crippen LogP contribution in [0.5, 0.6) is 0 Å². The maximum absolute atomic E-state index is 11.4. The predicted molar refractivity (Wildman–Crippen MR) is 73.5 cm³/mol. The molecule has 0 saturated heterocycles. The molecule has 0 saturated carbocycles. The summed E-state index contributed by atoms with van der Waals surface area (Å²) in [5.41, 5.74) is 0. The van der Waals surface area contributed by atoms with Crippen molar-refractivity contribution >= 4 is 17.7 Å². The molecule has 0 amide bonds. The van der Waals surface area contributed by atoms with Gasteiger partial charge in [0, 0.05) is 10.7 Å². The first kappa shape index (κ1) is 17.2. The third kappa shape index (κ3) is 10.4. The van der Waals surface area contributed by atoms with Crippen LogP contribution in [-0.4, -0.2) is 35.5 Å². The van der Waals surface area contributed by atoms with Gasteiger partial charge in [0.05, 0.1) is 18.8 Å². The van der Waals surface area contributed by atoms with Gasteiger partial charge in [-0.05, 0) is 12.3 Å². The second-order valence-electron chi connectivity index (χ2n) is 4.16. The number of nitro groups is 1. The van der Waals surface area contributed by atoms with Gasteiger partial charge < -0.3 is 4.74 Å². The van der Waals surface area contributed by atoms with E-state index in [2.05, 4.69) is 13.8 Å². The Morgan fingerprint density at radius 3 is 2.67 bits per heavy atom. The molecule has 0 aliphatic carbocycles. The minimum atomic E-state index is -0.345. The van der Waals surface area contributed by atoms with Gasteiger partial charge in [-0.15, -0.1) is 0 Å². The van der Waals surface area contributed by atoms with Crippen LogP contribution in [0.3, 0.4) is 0 Å². The molecular formula is C12H23NO4S. The van der Waals surface area contributed by atoms with E-state index >= 15 is 0 Å². The molecule has 0 aromatic heterocycles. The van der Waals surface area contributed by atoms with Crippen LogP contribution in [0.15, 0.2) is 0 Å². The lowest BCUT2D eigenvalue weighted by molar-refractivity contribution is -0.474. The molecule has 0 bridgehead atoms. The number of esters is 1. The third-order valence-electron chi connectivity index (χ3n) is 2.62. The monoisotopic (exact) mass is 277 g/mol. The number of nitrogens with zero attached hydrogens (tertiary/aromatic N) is 1. The summed E-state index contributed by atoms with van der Waals surface area (Å²) in [7, 11) is 0. The molecule has 0 heterocycles. The van der Waals surface area contributed by atoms with Crippen LogP contribution in [0.4, 0.5) is 0 Å². The first-order valence-electron chi connectivity index (χ1n) is 6.45. The Morgan fingerprint density at radius 2 is 2.11 bits per heavy atom. The van der Waals surface area contributed by atoms with Gasteiger partial charge in [0.25, 0.3) is 0 Å². The first-order chi connectivity index (χ1) is 8.60. The maximum Gasteiger partial charge on any atom is 0.306 e. The topological polar surface area (TPSA) is 69.4 Å². The van der Waals surface area contributed by atoms with Crippen molar-refractivity contribution in [2.75, 3.05) is 24.7 Å². The van der Waals surface area contributed by atoms with Crippen molar-refractivity contribution in [3.8, 4) is 0 Å². The molecule has 0 aromatic carbocycles. The van der Waals surface area contributed by atoms with Gasteiger partial charge in [0.15, 0.2) is 0 Å². The van der Waals surface area contributed by atoms with Crippen LogP contribution in [0.2, 0.25) is 0 Å². The molecule has 5 nitrogen and oxygen atoms in total. The molecular weight excluding hydrogens is 254 g/mol. The summed E-state index contributed by atoms with van der Waals surface area (Å²) in [4.78, 5) is 21.1. The number of rotatable bonds is 11. The second kappa shape index (κ2) is 11.3. The van der Waals surface area contributed by atoms with Crippen molar-refractivity contribution in [1.29, 1.82) is 0 Å². The highest BCUT2D eigenvalue weighted by atomic mass is 32.2. The number of hydrogen-bond acceptors (Lipinski definition) is 5. The Kier molecular flexibility index (Phi) is 10.8. The first-order valence-corrected chi connectivity index (χ1v) is 7.60. The van der Waals surface area contributed by atoms with Crippen LogP contribution in [0.25, 0.3) is 0 Å². The second-order valence-corrected chi connectivity index (χ2v) is 5.39. The van der Waals surface area contributed by atoms with E-state index in [1.54, 1.807) is 0 Å². The average molecular weight is 277 g/mol. The number of thioether (sulfide) groups is 1. The van der Waals surface area contributed by atoms with Crippen LogP contribution in [0.1, 0.15) is 39.5 Å². The number of ether oxygens (including phenoxy) is 1. The Balaban J connectivity index is 3.50. The van der Waals surface area contributed by atoms with Gasteiger partial charge >= 0.3 is 5.97 Å². The van der Waals surface area contributed by atoms with Gasteiger partial charge in [-0.3, -0.25) is 14.9 Å². The van der Waals surface area contributed by atoms with Gasteiger partial charge in [0.1, 0.15) is 0 Å². The van der Waals surface area contributed by atoms with Crippen molar-refractivity contribution in [2.45, 2.75) is 39.5 Å². The smallest absolute Gasteiger partial charge is 0.306 e. The van der Waals surface area contributed by atoms with E-state index in [9.17, 15) is 14.9 Å². The summed E-state index contributed by atoms with van der Waals surface area (Å²) < 4.78 is 5.19. The number of carbonyl (C=O) groups excluding carboxylic acids is 1. The Labute approximate surface area is 113 Å². The highest BCUT2D eigenvalue weighted by molar-refractivity contribution is 7.99. The van der Waals surface area contributed by atoms with Gasteiger partial charge in [-0.1, -0.05) is 26.7 Å². The quantitative estimate of drug-likeness (QED) is 0.251. The molecule has 6 heteroatoms. The number of carbonyl (C=O) groups is 1. The van der Waals surface area contributed by atoms with Crippen molar-refractivity contribution in [3.63, 3.8) is 0 Å². The molecule has 0 N–H and O–H groups in total. The van der Waals surface area contributed by atoms with Gasteiger partial charge in [-0.25, -0.2) is 0 Å². The summed E-state index contributed by atoms with van der Waals surface area (Å²) in [5.74, 6) is 1.31. The molecule has 0 aliphatic rings. The summed E-state index contributed by atoms with van der Waals surface area (Å²) in [6, 6.07) is 0. The lowest BCUT2D eigenvalue weighted by Gasteiger charge is -2.13. The normalized spacial score (nSPS) is 12.1. The fourth-order valence-electron chi connectivity index (χ4n) is 1.49. The summed E-state index contributed by atoms with van der Waals surface area (Å²) in [6.45, 7) is 4.68. The van der Waals surface area contributed by atoms with E-state index in [1.165, 1.54) is 11.8 Å². The van der Waals surface area contributed by atoms with Crippen molar-refractivity contribution < 1.29 is 14.5 Å². The standard InChI is InChI=1S/C12H23NO4S/c1-3-5-11(4-2)10-17-12(14)6-8-18-9-7-13(15)16/h11H,3-10H2,1-2H3.